The van der Waals surface area contributed by atoms with Gasteiger partial charge in [-0.15, -0.1) is 0 Å². The van der Waals surface area contributed by atoms with Crippen LogP contribution in [0.4, 0.5) is 10.3 Å². The Hall–Kier alpha value is -2.89. The molecule has 0 spiro atoms. The number of imidazole rings is 1. The van der Waals surface area contributed by atoms with Crippen molar-refractivity contribution in [2.45, 2.75) is 32.9 Å². The minimum Gasteiger partial charge on any atom is -0.352 e. The van der Waals surface area contributed by atoms with Crippen molar-refractivity contribution in [2.75, 3.05) is 18.0 Å². The lowest BCUT2D eigenvalue weighted by atomic mass is 9.96. The first kappa shape index (κ1) is 18.5. The lowest BCUT2D eigenvalue weighted by Crippen LogP contribution is -2.41. The van der Waals surface area contributed by atoms with E-state index in [0.717, 1.165) is 55.0 Å². The molecule has 3 aromatic rings. The average Bonchev–Trinajstić information content (AvgIpc) is 3.12. The number of piperidine rings is 1. The molecule has 0 atom stereocenters. The van der Waals surface area contributed by atoms with Gasteiger partial charge in [-0.3, -0.25) is 4.79 Å². The van der Waals surface area contributed by atoms with E-state index in [-0.39, 0.29) is 17.6 Å². The SMILES string of the molecule is CCn1c(N2CCC(C(=O)NCc3ccc(F)cc3)CC2)nc2ccccc21. The molecule has 28 heavy (non-hydrogen) atoms. The van der Waals surface area contributed by atoms with Crippen LogP contribution in [-0.4, -0.2) is 28.5 Å². The molecule has 1 aliphatic heterocycles. The zero-order chi connectivity index (χ0) is 19.5. The van der Waals surface area contributed by atoms with Crippen molar-refractivity contribution in [1.82, 2.24) is 14.9 Å². The molecule has 5 nitrogen and oxygen atoms in total. The van der Waals surface area contributed by atoms with Gasteiger partial charge in [0, 0.05) is 32.1 Å². The molecule has 0 saturated carbocycles. The van der Waals surface area contributed by atoms with Crippen molar-refractivity contribution >= 4 is 22.9 Å². The predicted molar refractivity (Wildman–Crippen MR) is 109 cm³/mol. The van der Waals surface area contributed by atoms with Gasteiger partial charge in [-0.25, -0.2) is 9.37 Å². The highest BCUT2D eigenvalue weighted by Gasteiger charge is 2.27. The summed E-state index contributed by atoms with van der Waals surface area (Å²) in [6.07, 6.45) is 1.62. The van der Waals surface area contributed by atoms with Crippen LogP contribution in [0, 0.1) is 11.7 Å². The summed E-state index contributed by atoms with van der Waals surface area (Å²) in [5.74, 6) is 0.818. The van der Waals surface area contributed by atoms with E-state index in [1.54, 1.807) is 12.1 Å². The summed E-state index contributed by atoms with van der Waals surface area (Å²) >= 11 is 0. The number of aryl methyl sites for hydroxylation is 1. The molecule has 1 aliphatic rings. The van der Waals surface area contributed by atoms with E-state index in [0.29, 0.717) is 6.54 Å². The monoisotopic (exact) mass is 380 g/mol. The van der Waals surface area contributed by atoms with Gasteiger partial charge < -0.3 is 14.8 Å². The first-order chi connectivity index (χ1) is 13.7. The van der Waals surface area contributed by atoms with Gasteiger partial charge in [-0.05, 0) is 49.6 Å². The number of para-hydroxylation sites is 2. The lowest BCUT2D eigenvalue weighted by molar-refractivity contribution is -0.125. The molecule has 1 saturated heterocycles. The Labute approximate surface area is 164 Å². The first-order valence-electron chi connectivity index (χ1n) is 9.88. The summed E-state index contributed by atoms with van der Waals surface area (Å²) in [4.78, 5) is 19.6. The van der Waals surface area contributed by atoms with Crippen molar-refractivity contribution in [1.29, 1.82) is 0 Å². The number of hydrogen-bond acceptors (Lipinski definition) is 3. The Morgan fingerprint density at radius 1 is 1.14 bits per heavy atom. The van der Waals surface area contributed by atoms with E-state index in [2.05, 4.69) is 27.8 Å². The van der Waals surface area contributed by atoms with Crippen LogP contribution in [0.25, 0.3) is 11.0 Å². The third kappa shape index (κ3) is 3.72. The van der Waals surface area contributed by atoms with Crippen LogP contribution < -0.4 is 10.2 Å². The van der Waals surface area contributed by atoms with E-state index in [4.69, 9.17) is 4.98 Å². The molecular weight excluding hydrogens is 355 g/mol. The third-order valence-corrected chi connectivity index (χ3v) is 5.48. The highest BCUT2D eigenvalue weighted by molar-refractivity contribution is 5.80. The van der Waals surface area contributed by atoms with Crippen LogP contribution in [0.3, 0.4) is 0 Å². The average molecular weight is 380 g/mol. The molecule has 4 rings (SSSR count). The van der Waals surface area contributed by atoms with E-state index >= 15 is 0 Å². The minimum absolute atomic E-state index is 0.0103. The number of nitrogens with zero attached hydrogens (tertiary/aromatic N) is 3. The van der Waals surface area contributed by atoms with Crippen molar-refractivity contribution < 1.29 is 9.18 Å². The Balaban J connectivity index is 1.36. The number of hydrogen-bond donors (Lipinski definition) is 1. The zero-order valence-electron chi connectivity index (χ0n) is 16.1. The van der Waals surface area contributed by atoms with Crippen molar-refractivity contribution in [3.8, 4) is 0 Å². The fraction of sp³-hybridized carbons (Fsp3) is 0.364. The van der Waals surface area contributed by atoms with E-state index < -0.39 is 0 Å². The van der Waals surface area contributed by atoms with Gasteiger partial charge in [0.15, 0.2) is 0 Å². The number of carbonyl (C=O) groups excluding carboxylic acids is 1. The number of nitrogens with one attached hydrogen (secondary N) is 1. The second-order valence-electron chi connectivity index (χ2n) is 7.25. The second-order valence-corrected chi connectivity index (χ2v) is 7.25. The van der Waals surface area contributed by atoms with Crippen LogP contribution in [0.1, 0.15) is 25.3 Å². The maximum Gasteiger partial charge on any atom is 0.223 e. The van der Waals surface area contributed by atoms with Crippen LogP contribution >= 0.6 is 0 Å². The fourth-order valence-electron chi connectivity index (χ4n) is 3.89. The molecule has 0 aliphatic carbocycles. The molecule has 1 fully saturated rings. The Kier molecular flexibility index (Phi) is 5.28. The zero-order valence-corrected chi connectivity index (χ0v) is 16.1. The van der Waals surface area contributed by atoms with E-state index in [1.165, 1.54) is 12.1 Å². The largest absolute Gasteiger partial charge is 0.352 e. The van der Waals surface area contributed by atoms with Gasteiger partial charge in [0.2, 0.25) is 11.9 Å². The van der Waals surface area contributed by atoms with Crippen LogP contribution in [0.5, 0.6) is 0 Å². The highest BCUT2D eigenvalue weighted by Crippen LogP contribution is 2.27. The number of rotatable bonds is 5. The van der Waals surface area contributed by atoms with Crippen LogP contribution in [0.2, 0.25) is 0 Å². The minimum atomic E-state index is -0.263. The molecule has 1 amide bonds. The number of benzene rings is 2. The molecule has 0 unspecified atom stereocenters. The topological polar surface area (TPSA) is 50.2 Å². The normalized spacial score (nSPS) is 15.1. The van der Waals surface area contributed by atoms with Crippen molar-refractivity contribution in [2.24, 2.45) is 5.92 Å². The second kappa shape index (κ2) is 8.00. The third-order valence-electron chi connectivity index (χ3n) is 5.48. The van der Waals surface area contributed by atoms with Gasteiger partial charge in [-0.1, -0.05) is 24.3 Å². The maximum absolute atomic E-state index is 13.0. The van der Waals surface area contributed by atoms with Gasteiger partial charge >= 0.3 is 0 Å². The maximum atomic E-state index is 13.0. The molecule has 2 heterocycles. The van der Waals surface area contributed by atoms with Crippen molar-refractivity contribution in [3.05, 3.63) is 59.9 Å². The molecular formula is C22H25FN4O. The smallest absolute Gasteiger partial charge is 0.223 e. The van der Waals surface area contributed by atoms with Crippen LogP contribution in [-0.2, 0) is 17.9 Å². The Morgan fingerprint density at radius 2 is 1.86 bits per heavy atom. The van der Waals surface area contributed by atoms with Gasteiger partial charge in [0.1, 0.15) is 5.82 Å². The Bertz CT molecular complexity index is 958. The molecule has 1 N–H and O–H groups in total. The van der Waals surface area contributed by atoms with Gasteiger partial charge in [0.05, 0.1) is 11.0 Å². The summed E-state index contributed by atoms with van der Waals surface area (Å²) < 4.78 is 15.2. The number of anilines is 1. The van der Waals surface area contributed by atoms with Crippen LogP contribution in [0.15, 0.2) is 48.5 Å². The molecule has 1 aromatic heterocycles. The van der Waals surface area contributed by atoms with Crippen molar-refractivity contribution in [3.63, 3.8) is 0 Å². The summed E-state index contributed by atoms with van der Waals surface area (Å²) in [6, 6.07) is 14.4. The first-order valence-corrected chi connectivity index (χ1v) is 9.88. The Morgan fingerprint density at radius 3 is 2.57 bits per heavy atom. The molecule has 146 valence electrons. The summed E-state index contributed by atoms with van der Waals surface area (Å²) in [6.45, 7) is 5.07. The highest BCUT2D eigenvalue weighted by atomic mass is 19.1. The number of amides is 1. The van der Waals surface area contributed by atoms with Gasteiger partial charge in [0.25, 0.3) is 0 Å². The standard InChI is InChI=1S/C22H25FN4O/c1-2-27-20-6-4-3-5-19(20)25-22(27)26-13-11-17(12-14-26)21(28)24-15-16-7-9-18(23)10-8-16/h3-10,17H,2,11-15H2,1H3,(H,24,28). The van der Waals surface area contributed by atoms with Gasteiger partial charge in [-0.2, -0.15) is 0 Å². The fourth-order valence-corrected chi connectivity index (χ4v) is 3.89. The number of fused-ring (bicyclic) bond motifs is 1. The molecule has 2 aromatic carbocycles. The summed E-state index contributed by atoms with van der Waals surface area (Å²) in [5, 5.41) is 2.99. The quantitative estimate of drug-likeness (QED) is 0.734. The summed E-state index contributed by atoms with van der Waals surface area (Å²) in [5.41, 5.74) is 3.07. The number of carbonyl (C=O) groups is 1. The lowest BCUT2D eigenvalue weighted by Gasteiger charge is -2.32. The number of halogens is 1. The molecule has 0 radical (unpaired) electrons. The summed E-state index contributed by atoms with van der Waals surface area (Å²) in [7, 11) is 0. The molecule has 0 bridgehead atoms. The number of aromatic nitrogens is 2. The molecule has 6 heteroatoms. The van der Waals surface area contributed by atoms with E-state index in [9.17, 15) is 9.18 Å². The predicted octanol–water partition coefficient (Wildman–Crippen LogP) is 3.73. The van der Waals surface area contributed by atoms with E-state index in [1.807, 2.05) is 18.2 Å².